The number of piperidine rings is 1. The second kappa shape index (κ2) is 10.8. The van der Waals surface area contributed by atoms with E-state index in [1.165, 1.54) is 29.9 Å². The summed E-state index contributed by atoms with van der Waals surface area (Å²) in [5, 5.41) is 7.42. The average molecular weight is 520 g/mol. The highest BCUT2D eigenvalue weighted by molar-refractivity contribution is 7.14. The van der Waals surface area contributed by atoms with Gasteiger partial charge in [-0.1, -0.05) is 13.0 Å². The molecule has 4 aromatic rings. The van der Waals surface area contributed by atoms with Gasteiger partial charge in [0.15, 0.2) is 0 Å². The van der Waals surface area contributed by atoms with Crippen molar-refractivity contribution in [3.8, 4) is 5.75 Å². The molecule has 1 aliphatic heterocycles. The number of H-pyrrole nitrogens is 1. The third-order valence-corrected chi connectivity index (χ3v) is 7.88. The van der Waals surface area contributed by atoms with E-state index in [0.717, 1.165) is 47.6 Å². The van der Waals surface area contributed by atoms with Crippen LogP contribution >= 0.6 is 11.3 Å². The first-order valence-corrected chi connectivity index (χ1v) is 13.5. The molecule has 0 atom stereocenters. The lowest BCUT2D eigenvalue weighted by molar-refractivity contribution is 0.100. The van der Waals surface area contributed by atoms with Crippen molar-refractivity contribution in [2.24, 2.45) is 5.73 Å². The number of aryl methyl sites for hydroxylation is 1. The number of rotatable bonds is 9. The molecule has 4 heterocycles. The molecule has 0 spiro atoms. The van der Waals surface area contributed by atoms with Gasteiger partial charge in [0.05, 0.1) is 23.9 Å². The van der Waals surface area contributed by atoms with Gasteiger partial charge in [-0.15, -0.1) is 11.3 Å². The van der Waals surface area contributed by atoms with Gasteiger partial charge in [0.1, 0.15) is 22.1 Å². The van der Waals surface area contributed by atoms with Crippen LogP contribution in [0.25, 0.3) is 11.0 Å². The Morgan fingerprint density at radius 1 is 1.19 bits per heavy atom. The zero-order chi connectivity index (χ0) is 25.9. The van der Waals surface area contributed by atoms with Crippen molar-refractivity contribution in [2.45, 2.75) is 39.0 Å². The Labute approximate surface area is 220 Å². The van der Waals surface area contributed by atoms with E-state index in [1.807, 2.05) is 31.3 Å². The third kappa shape index (κ3) is 5.40. The summed E-state index contributed by atoms with van der Waals surface area (Å²) in [4.78, 5) is 28.4. The molecule has 9 nitrogen and oxygen atoms in total. The van der Waals surface area contributed by atoms with Crippen molar-refractivity contribution >= 4 is 51.4 Å². The topological polar surface area (TPSA) is 121 Å². The fourth-order valence-corrected chi connectivity index (χ4v) is 5.82. The van der Waals surface area contributed by atoms with Crippen LogP contribution in [0.2, 0.25) is 0 Å². The average Bonchev–Trinajstić information content (AvgIpc) is 3.51. The number of nitrogens with zero attached hydrogens (tertiary/aromatic N) is 3. The van der Waals surface area contributed by atoms with Gasteiger partial charge < -0.3 is 31.0 Å². The third-order valence-electron chi connectivity index (χ3n) is 6.82. The van der Waals surface area contributed by atoms with Gasteiger partial charge in [-0.05, 0) is 81.6 Å². The summed E-state index contributed by atoms with van der Waals surface area (Å²) in [5.41, 5.74) is 8.98. The maximum Gasteiger partial charge on any atom is 0.260 e. The summed E-state index contributed by atoms with van der Waals surface area (Å²) in [7, 11) is 1.68. The van der Waals surface area contributed by atoms with Crippen molar-refractivity contribution in [2.75, 3.05) is 37.4 Å². The van der Waals surface area contributed by atoms with Crippen LogP contribution in [0.15, 0.2) is 36.5 Å². The number of hydrogen-bond acceptors (Lipinski definition) is 8. The highest BCUT2D eigenvalue weighted by atomic mass is 32.1. The molecule has 194 valence electrons. The van der Waals surface area contributed by atoms with Crippen molar-refractivity contribution in [1.29, 1.82) is 0 Å². The highest BCUT2D eigenvalue weighted by Crippen LogP contribution is 2.36. The zero-order valence-corrected chi connectivity index (χ0v) is 22.2. The van der Waals surface area contributed by atoms with Crippen LogP contribution in [0.1, 0.15) is 52.2 Å². The maximum absolute atomic E-state index is 11.9. The molecule has 1 fully saturated rings. The Morgan fingerprint density at radius 2 is 2.00 bits per heavy atom. The van der Waals surface area contributed by atoms with Crippen LogP contribution in [0.4, 0.5) is 23.1 Å². The van der Waals surface area contributed by atoms with Gasteiger partial charge in [-0.3, -0.25) is 4.79 Å². The molecule has 0 aliphatic carbocycles. The Balaban J connectivity index is 1.40. The molecule has 5 rings (SSSR count). The molecule has 0 saturated carbocycles. The van der Waals surface area contributed by atoms with Crippen LogP contribution < -0.4 is 21.1 Å². The number of ether oxygens (including phenoxy) is 1. The van der Waals surface area contributed by atoms with Crippen molar-refractivity contribution in [3.05, 3.63) is 51.8 Å². The van der Waals surface area contributed by atoms with Crippen LogP contribution in [-0.2, 0) is 0 Å². The second-order valence-electron chi connectivity index (χ2n) is 9.43. The number of anilines is 4. The standard InChI is InChI=1S/C27H33N7O2S/c1-4-11-34-12-8-17(9-13-34)18-5-6-20(22(15-18)36-3)31-27-32-25-19(7-10-29-25)26(33-27)30-21-14-16(2)37-23(21)24(28)35/h5-7,10,14-15,17H,4,8-9,11-13H2,1-3H3,(H2,28,35)(H3,29,30,31,32,33). The number of aromatic nitrogens is 3. The predicted octanol–water partition coefficient (Wildman–Crippen LogP) is 5.51. The molecule has 3 aromatic heterocycles. The quantitative estimate of drug-likeness (QED) is 0.230. The predicted molar refractivity (Wildman–Crippen MR) is 150 cm³/mol. The Kier molecular flexibility index (Phi) is 7.29. The van der Waals surface area contributed by atoms with E-state index >= 15 is 0 Å². The Hall–Kier alpha value is -3.63. The van der Waals surface area contributed by atoms with E-state index in [-0.39, 0.29) is 0 Å². The van der Waals surface area contributed by atoms with E-state index in [4.69, 9.17) is 15.5 Å². The summed E-state index contributed by atoms with van der Waals surface area (Å²) >= 11 is 1.35. The number of thiophene rings is 1. The number of likely N-dealkylation sites (tertiary alicyclic amines) is 1. The fraction of sp³-hybridized carbons (Fsp3) is 0.370. The molecule has 1 aliphatic rings. The van der Waals surface area contributed by atoms with E-state index in [0.29, 0.717) is 33.9 Å². The number of fused-ring (bicyclic) bond motifs is 1. The molecular weight excluding hydrogens is 486 g/mol. The van der Waals surface area contributed by atoms with E-state index in [9.17, 15) is 4.79 Å². The van der Waals surface area contributed by atoms with Gasteiger partial charge in [0.2, 0.25) is 5.95 Å². The number of amides is 1. The molecule has 5 N–H and O–H groups in total. The molecule has 37 heavy (non-hydrogen) atoms. The molecule has 10 heteroatoms. The van der Waals surface area contributed by atoms with Crippen LogP contribution in [-0.4, -0.2) is 52.5 Å². The first-order valence-electron chi connectivity index (χ1n) is 12.6. The SMILES string of the molecule is CCCN1CCC(c2ccc(Nc3nc(Nc4cc(C)sc4C(N)=O)c4cc[nH]c4n3)c(OC)c2)CC1. The van der Waals surface area contributed by atoms with Crippen molar-refractivity contribution < 1.29 is 9.53 Å². The largest absolute Gasteiger partial charge is 0.495 e. The van der Waals surface area contributed by atoms with E-state index < -0.39 is 5.91 Å². The lowest BCUT2D eigenvalue weighted by Crippen LogP contribution is -2.33. The molecule has 0 bridgehead atoms. The number of hydrogen-bond donors (Lipinski definition) is 4. The first kappa shape index (κ1) is 25.0. The smallest absolute Gasteiger partial charge is 0.260 e. The van der Waals surface area contributed by atoms with Gasteiger partial charge in [-0.2, -0.15) is 9.97 Å². The van der Waals surface area contributed by atoms with Crippen molar-refractivity contribution in [1.82, 2.24) is 19.9 Å². The number of nitrogens with one attached hydrogen (secondary N) is 3. The zero-order valence-electron chi connectivity index (χ0n) is 21.4. The molecule has 1 saturated heterocycles. The molecule has 1 amide bonds. The normalized spacial score (nSPS) is 14.7. The number of nitrogens with two attached hydrogens (primary N) is 1. The number of aromatic amines is 1. The van der Waals surface area contributed by atoms with Crippen LogP contribution in [0.3, 0.4) is 0 Å². The molecule has 0 unspecified atom stereocenters. The van der Waals surface area contributed by atoms with E-state index in [1.54, 1.807) is 7.11 Å². The molecule has 1 aromatic carbocycles. The summed E-state index contributed by atoms with van der Waals surface area (Å²) in [6, 6.07) is 10.1. The highest BCUT2D eigenvalue weighted by Gasteiger charge is 2.22. The lowest BCUT2D eigenvalue weighted by Gasteiger charge is -2.32. The van der Waals surface area contributed by atoms with Gasteiger partial charge in [0.25, 0.3) is 5.91 Å². The first-order chi connectivity index (χ1) is 17.9. The number of carbonyl (C=O) groups is 1. The summed E-state index contributed by atoms with van der Waals surface area (Å²) in [5.74, 6) is 1.79. The van der Waals surface area contributed by atoms with Crippen molar-refractivity contribution in [3.63, 3.8) is 0 Å². The second-order valence-corrected chi connectivity index (χ2v) is 10.7. The number of primary amides is 1. The molecular formula is C27H33N7O2S. The van der Waals surface area contributed by atoms with Gasteiger partial charge in [0, 0.05) is 11.1 Å². The summed E-state index contributed by atoms with van der Waals surface area (Å²) in [6.07, 6.45) is 5.33. The minimum absolute atomic E-state index is 0.406. The minimum atomic E-state index is -0.473. The fourth-order valence-electron chi connectivity index (χ4n) is 5.00. The summed E-state index contributed by atoms with van der Waals surface area (Å²) in [6.45, 7) is 7.63. The monoisotopic (exact) mass is 519 g/mol. The minimum Gasteiger partial charge on any atom is -0.495 e. The summed E-state index contributed by atoms with van der Waals surface area (Å²) < 4.78 is 5.75. The van der Waals surface area contributed by atoms with E-state index in [2.05, 4.69) is 44.6 Å². The number of methoxy groups -OCH3 is 1. The Morgan fingerprint density at radius 3 is 2.73 bits per heavy atom. The van der Waals surface area contributed by atoms with Gasteiger partial charge >= 0.3 is 0 Å². The lowest BCUT2D eigenvalue weighted by atomic mass is 9.89. The molecule has 0 radical (unpaired) electrons. The number of benzene rings is 1. The number of carbonyl (C=O) groups excluding carboxylic acids is 1. The van der Waals surface area contributed by atoms with Crippen LogP contribution in [0, 0.1) is 6.92 Å². The Bertz CT molecular complexity index is 1410. The maximum atomic E-state index is 11.9. The van der Waals surface area contributed by atoms with Crippen LogP contribution in [0.5, 0.6) is 5.75 Å². The van der Waals surface area contributed by atoms with Gasteiger partial charge in [-0.25, -0.2) is 0 Å².